The number of thioether (sulfide) groups is 1. The second kappa shape index (κ2) is 6.60. The number of nitrogens with one attached hydrogen (secondary N) is 1. The quantitative estimate of drug-likeness (QED) is 0.749. The lowest BCUT2D eigenvalue weighted by molar-refractivity contribution is -0.113. The normalized spacial score (nSPS) is 22.6. The molecule has 1 fully saturated rings. The zero-order chi connectivity index (χ0) is 19.3. The minimum absolute atomic E-state index is 0.164. The topological polar surface area (TPSA) is 70.6 Å². The summed E-state index contributed by atoms with van der Waals surface area (Å²) in [6, 6.07) is 8.51. The number of ether oxygens (including phenoxy) is 1. The van der Waals surface area contributed by atoms with Crippen LogP contribution >= 0.6 is 11.8 Å². The Morgan fingerprint density at radius 2 is 2.07 bits per heavy atom. The molecule has 5 rings (SSSR count). The van der Waals surface area contributed by atoms with E-state index in [0.29, 0.717) is 11.5 Å². The number of likely N-dealkylation sites (tertiary alicyclic amines) is 1. The van der Waals surface area contributed by atoms with Gasteiger partial charge < -0.3 is 14.6 Å². The number of hydrogen-bond donors (Lipinski definition) is 1. The van der Waals surface area contributed by atoms with Crippen LogP contribution in [-0.2, 0) is 21.7 Å². The van der Waals surface area contributed by atoms with Crippen molar-refractivity contribution in [2.24, 2.45) is 4.99 Å². The number of hydrogen-bond acceptors (Lipinski definition) is 5. The SMILES string of the molecule is CC(=C1SC(N2CCC3(CC2)OCc2ccccc23)=NC1=O)c1nc[nH]c1C. The number of carbonyl (C=O) groups is 1. The smallest absolute Gasteiger partial charge is 0.286 e. The number of aromatic nitrogens is 2. The van der Waals surface area contributed by atoms with Crippen LogP contribution in [0.2, 0.25) is 0 Å². The number of fused-ring (bicyclic) bond motifs is 2. The number of imidazole rings is 1. The highest BCUT2D eigenvalue weighted by atomic mass is 32.2. The zero-order valence-corrected chi connectivity index (χ0v) is 16.8. The number of allylic oxidation sites excluding steroid dienone is 1. The Labute approximate surface area is 168 Å². The van der Waals surface area contributed by atoms with Crippen molar-refractivity contribution < 1.29 is 9.53 Å². The predicted octanol–water partition coefficient (Wildman–Crippen LogP) is 3.60. The van der Waals surface area contributed by atoms with Gasteiger partial charge in [0.15, 0.2) is 5.17 Å². The van der Waals surface area contributed by atoms with E-state index in [4.69, 9.17) is 4.74 Å². The third-order valence-electron chi connectivity index (χ3n) is 5.96. The van der Waals surface area contributed by atoms with E-state index < -0.39 is 0 Å². The Balaban J connectivity index is 1.33. The van der Waals surface area contributed by atoms with Gasteiger partial charge in [-0.3, -0.25) is 4.79 Å². The minimum atomic E-state index is -0.179. The molecule has 6 nitrogen and oxygen atoms in total. The molecule has 0 saturated carbocycles. The molecule has 4 heterocycles. The number of nitrogens with zero attached hydrogens (tertiary/aromatic N) is 3. The first kappa shape index (κ1) is 17.7. The molecule has 1 amide bonds. The lowest BCUT2D eigenvalue weighted by atomic mass is 9.84. The van der Waals surface area contributed by atoms with Gasteiger partial charge in [0.1, 0.15) is 0 Å². The van der Waals surface area contributed by atoms with Crippen molar-refractivity contribution >= 4 is 28.4 Å². The Kier molecular flexibility index (Phi) is 4.17. The number of amidine groups is 1. The molecule has 1 N–H and O–H groups in total. The lowest BCUT2D eigenvalue weighted by Gasteiger charge is -2.39. The Morgan fingerprint density at radius 1 is 1.29 bits per heavy atom. The van der Waals surface area contributed by atoms with E-state index in [-0.39, 0.29) is 11.5 Å². The Hall–Kier alpha value is -2.38. The summed E-state index contributed by atoms with van der Waals surface area (Å²) >= 11 is 1.47. The number of amides is 1. The van der Waals surface area contributed by atoms with E-state index in [1.807, 2.05) is 13.8 Å². The van der Waals surface area contributed by atoms with Crippen LogP contribution < -0.4 is 0 Å². The summed E-state index contributed by atoms with van der Waals surface area (Å²) in [5.74, 6) is -0.164. The number of piperidine rings is 1. The van der Waals surface area contributed by atoms with Crippen molar-refractivity contribution in [3.8, 4) is 0 Å². The molecule has 0 bridgehead atoms. The van der Waals surface area contributed by atoms with Crippen molar-refractivity contribution in [3.63, 3.8) is 0 Å². The largest absolute Gasteiger partial charge is 0.365 e. The van der Waals surface area contributed by atoms with E-state index in [2.05, 4.69) is 44.1 Å². The second-order valence-electron chi connectivity index (χ2n) is 7.56. The summed E-state index contributed by atoms with van der Waals surface area (Å²) in [4.78, 5) is 27.2. The number of rotatable bonds is 1. The van der Waals surface area contributed by atoms with Crippen LogP contribution in [0.15, 0.2) is 40.5 Å². The molecule has 3 aliphatic heterocycles. The first-order chi connectivity index (χ1) is 13.6. The van der Waals surface area contributed by atoms with Crippen molar-refractivity contribution in [1.29, 1.82) is 0 Å². The summed E-state index contributed by atoms with van der Waals surface area (Å²) in [5.41, 5.74) is 5.13. The summed E-state index contributed by atoms with van der Waals surface area (Å²) in [7, 11) is 0. The highest BCUT2D eigenvalue weighted by molar-refractivity contribution is 8.18. The summed E-state index contributed by atoms with van der Waals surface area (Å²) in [6.45, 7) is 6.26. The van der Waals surface area contributed by atoms with Crippen LogP contribution in [0.3, 0.4) is 0 Å². The number of H-pyrrole nitrogens is 1. The van der Waals surface area contributed by atoms with Crippen LogP contribution in [0.5, 0.6) is 0 Å². The number of carbonyl (C=O) groups excluding carboxylic acids is 1. The van der Waals surface area contributed by atoms with Crippen molar-refractivity contribution in [2.45, 2.75) is 38.9 Å². The number of aliphatic imine (C=N–C) groups is 1. The van der Waals surface area contributed by atoms with Gasteiger partial charge in [0, 0.05) is 18.8 Å². The van der Waals surface area contributed by atoms with Crippen LogP contribution in [-0.4, -0.2) is 39.0 Å². The molecule has 3 aliphatic rings. The van der Waals surface area contributed by atoms with E-state index in [0.717, 1.165) is 48.1 Å². The first-order valence-electron chi connectivity index (χ1n) is 9.57. The third-order valence-corrected chi connectivity index (χ3v) is 7.18. The van der Waals surface area contributed by atoms with Gasteiger partial charge in [0.25, 0.3) is 5.91 Å². The molecule has 0 aliphatic carbocycles. The minimum Gasteiger partial charge on any atom is -0.365 e. The third kappa shape index (κ3) is 2.72. The molecule has 1 saturated heterocycles. The molecule has 144 valence electrons. The first-order valence-corrected chi connectivity index (χ1v) is 10.4. The molecule has 7 heteroatoms. The molecular weight excluding hydrogens is 372 g/mol. The molecule has 0 atom stereocenters. The maximum Gasteiger partial charge on any atom is 0.286 e. The van der Waals surface area contributed by atoms with Crippen LogP contribution in [0.1, 0.15) is 42.3 Å². The van der Waals surface area contributed by atoms with E-state index in [9.17, 15) is 4.79 Å². The van der Waals surface area contributed by atoms with E-state index in [1.165, 1.54) is 22.9 Å². The molecule has 0 radical (unpaired) electrons. The van der Waals surface area contributed by atoms with Gasteiger partial charge in [-0.1, -0.05) is 24.3 Å². The number of aryl methyl sites for hydroxylation is 1. The molecule has 0 unspecified atom stereocenters. The fourth-order valence-electron chi connectivity index (χ4n) is 4.37. The molecule has 28 heavy (non-hydrogen) atoms. The highest BCUT2D eigenvalue weighted by Crippen LogP contribution is 2.45. The van der Waals surface area contributed by atoms with Gasteiger partial charge in [-0.25, -0.2) is 4.98 Å². The molecule has 2 aromatic rings. The maximum absolute atomic E-state index is 12.5. The van der Waals surface area contributed by atoms with E-state index in [1.54, 1.807) is 6.33 Å². The number of aromatic amines is 1. The monoisotopic (exact) mass is 394 g/mol. The fraction of sp³-hybridized carbons (Fsp3) is 0.381. The predicted molar refractivity (Wildman–Crippen MR) is 110 cm³/mol. The van der Waals surface area contributed by atoms with Gasteiger partial charge in [-0.15, -0.1) is 0 Å². The average molecular weight is 395 g/mol. The molecular formula is C21H22N4O2S. The standard InChI is InChI=1S/C21H22N4O2S/c1-13(17-14(2)22-12-23-17)18-19(26)24-20(28-18)25-9-7-21(8-10-25)16-6-4-3-5-15(16)11-27-21/h3-6,12H,7-11H2,1-2H3,(H,22,23). The maximum atomic E-state index is 12.5. The van der Waals surface area contributed by atoms with Crippen molar-refractivity contribution in [2.75, 3.05) is 13.1 Å². The molecule has 1 aromatic carbocycles. The van der Waals surface area contributed by atoms with Gasteiger partial charge in [0.05, 0.1) is 29.1 Å². The highest BCUT2D eigenvalue weighted by Gasteiger charge is 2.43. The Morgan fingerprint density at radius 3 is 2.82 bits per heavy atom. The van der Waals surface area contributed by atoms with E-state index >= 15 is 0 Å². The summed E-state index contributed by atoms with van der Waals surface area (Å²) in [6.07, 6.45) is 3.48. The van der Waals surface area contributed by atoms with Crippen LogP contribution in [0, 0.1) is 6.92 Å². The summed E-state index contributed by atoms with van der Waals surface area (Å²) in [5, 5.41) is 0.800. The van der Waals surface area contributed by atoms with Gasteiger partial charge in [-0.05, 0) is 55.2 Å². The Bertz CT molecular complexity index is 1010. The summed E-state index contributed by atoms with van der Waals surface area (Å²) < 4.78 is 6.24. The lowest BCUT2D eigenvalue weighted by Crippen LogP contribution is -2.44. The average Bonchev–Trinajstić information content (AvgIpc) is 3.41. The van der Waals surface area contributed by atoms with Crippen molar-refractivity contribution in [3.05, 3.63) is 58.0 Å². The zero-order valence-electron chi connectivity index (χ0n) is 16.0. The van der Waals surface area contributed by atoms with Crippen molar-refractivity contribution in [1.82, 2.24) is 14.9 Å². The van der Waals surface area contributed by atoms with Gasteiger partial charge in [-0.2, -0.15) is 4.99 Å². The number of benzene rings is 1. The van der Waals surface area contributed by atoms with Crippen LogP contribution in [0.25, 0.3) is 5.57 Å². The van der Waals surface area contributed by atoms with Crippen LogP contribution in [0.4, 0.5) is 0 Å². The molecule has 1 spiro atoms. The second-order valence-corrected chi connectivity index (χ2v) is 8.54. The fourth-order valence-corrected chi connectivity index (χ4v) is 5.37. The van der Waals surface area contributed by atoms with Gasteiger partial charge >= 0.3 is 0 Å². The molecule has 1 aromatic heterocycles. The van der Waals surface area contributed by atoms with Gasteiger partial charge in [0.2, 0.25) is 0 Å².